The molecule has 1 saturated carbocycles. The number of aromatic nitrogens is 1. The van der Waals surface area contributed by atoms with Crippen LogP contribution in [0.25, 0.3) is 0 Å². The number of rotatable bonds is 7. The summed E-state index contributed by atoms with van der Waals surface area (Å²) in [5, 5.41) is 3.73. The van der Waals surface area contributed by atoms with Crippen LogP contribution in [0.5, 0.6) is 0 Å². The van der Waals surface area contributed by atoms with Crippen molar-refractivity contribution in [1.29, 1.82) is 0 Å². The highest BCUT2D eigenvalue weighted by Crippen LogP contribution is 2.28. The lowest BCUT2D eigenvalue weighted by molar-refractivity contribution is 0.297. The first kappa shape index (κ1) is 14.0. The Balaban J connectivity index is 1.83. The van der Waals surface area contributed by atoms with Gasteiger partial charge >= 0.3 is 0 Å². The van der Waals surface area contributed by atoms with Gasteiger partial charge in [-0.2, -0.15) is 0 Å². The molecule has 1 heterocycles. The fraction of sp³-hybridized carbons (Fsp3) is 0.800. The SMILES string of the molecule is CCCNC(Cc1cncs1)CC1CCCCC1. The van der Waals surface area contributed by atoms with Gasteiger partial charge in [0.25, 0.3) is 0 Å². The zero-order valence-corrected chi connectivity index (χ0v) is 12.3. The molecule has 0 aliphatic heterocycles. The van der Waals surface area contributed by atoms with Crippen LogP contribution in [0.15, 0.2) is 11.7 Å². The summed E-state index contributed by atoms with van der Waals surface area (Å²) in [7, 11) is 0. The molecule has 18 heavy (non-hydrogen) atoms. The molecular formula is C15H26N2S. The second kappa shape index (κ2) is 7.90. The lowest BCUT2D eigenvalue weighted by Crippen LogP contribution is -2.34. The van der Waals surface area contributed by atoms with Gasteiger partial charge in [0, 0.05) is 17.1 Å². The molecule has 2 nitrogen and oxygen atoms in total. The van der Waals surface area contributed by atoms with Gasteiger partial charge in [0.2, 0.25) is 0 Å². The largest absolute Gasteiger partial charge is 0.314 e. The summed E-state index contributed by atoms with van der Waals surface area (Å²) in [5.74, 6) is 0.959. The number of hydrogen-bond donors (Lipinski definition) is 1. The minimum Gasteiger partial charge on any atom is -0.314 e. The van der Waals surface area contributed by atoms with E-state index in [0.29, 0.717) is 6.04 Å². The minimum absolute atomic E-state index is 0.661. The minimum atomic E-state index is 0.661. The quantitative estimate of drug-likeness (QED) is 0.806. The predicted molar refractivity (Wildman–Crippen MR) is 79.1 cm³/mol. The van der Waals surface area contributed by atoms with E-state index in [2.05, 4.69) is 17.2 Å². The van der Waals surface area contributed by atoms with Gasteiger partial charge in [-0.05, 0) is 31.7 Å². The van der Waals surface area contributed by atoms with Crippen LogP contribution in [0.2, 0.25) is 0 Å². The third-order valence-corrected chi connectivity index (χ3v) is 4.76. The average molecular weight is 266 g/mol. The fourth-order valence-corrected chi connectivity index (χ4v) is 3.67. The Morgan fingerprint density at radius 3 is 2.89 bits per heavy atom. The van der Waals surface area contributed by atoms with Gasteiger partial charge in [0.05, 0.1) is 5.51 Å². The van der Waals surface area contributed by atoms with Gasteiger partial charge in [-0.1, -0.05) is 39.0 Å². The molecule has 102 valence electrons. The van der Waals surface area contributed by atoms with E-state index in [9.17, 15) is 0 Å². The Morgan fingerprint density at radius 1 is 1.39 bits per heavy atom. The molecule has 1 aromatic heterocycles. The summed E-state index contributed by atoms with van der Waals surface area (Å²) in [5.41, 5.74) is 1.95. The topological polar surface area (TPSA) is 24.9 Å². The maximum absolute atomic E-state index is 4.19. The molecule has 0 spiro atoms. The predicted octanol–water partition coefficient (Wildman–Crippen LogP) is 4.02. The highest BCUT2D eigenvalue weighted by Gasteiger charge is 2.19. The Labute approximate surface area is 115 Å². The molecule has 1 aromatic rings. The van der Waals surface area contributed by atoms with Gasteiger partial charge in [-0.25, -0.2) is 0 Å². The standard InChI is InChI=1S/C15H26N2S/c1-2-8-17-14(10-15-11-16-12-18-15)9-13-6-4-3-5-7-13/h11-14,17H,2-10H2,1H3. The van der Waals surface area contributed by atoms with E-state index in [1.54, 1.807) is 11.3 Å². The third-order valence-electron chi connectivity index (χ3n) is 3.96. The average Bonchev–Trinajstić information content (AvgIpc) is 2.90. The zero-order valence-electron chi connectivity index (χ0n) is 11.5. The molecule has 0 saturated heterocycles. The van der Waals surface area contributed by atoms with Crippen molar-refractivity contribution >= 4 is 11.3 Å². The first-order chi connectivity index (χ1) is 8.88. The fourth-order valence-electron chi connectivity index (χ4n) is 3.00. The van der Waals surface area contributed by atoms with Crippen molar-refractivity contribution in [3.8, 4) is 0 Å². The molecule has 1 fully saturated rings. The molecule has 2 rings (SSSR count). The summed E-state index contributed by atoms with van der Waals surface area (Å²) in [4.78, 5) is 5.62. The van der Waals surface area contributed by atoms with Crippen LogP contribution < -0.4 is 5.32 Å². The molecule has 1 unspecified atom stereocenters. The van der Waals surface area contributed by atoms with E-state index in [4.69, 9.17) is 0 Å². The van der Waals surface area contributed by atoms with Crippen LogP contribution >= 0.6 is 11.3 Å². The third kappa shape index (κ3) is 4.69. The summed E-state index contributed by atoms with van der Waals surface area (Å²) in [6, 6.07) is 0.661. The Bertz CT molecular complexity index is 304. The summed E-state index contributed by atoms with van der Waals surface area (Å²) in [6.45, 7) is 3.40. The molecule has 1 atom stereocenters. The number of nitrogens with zero attached hydrogens (tertiary/aromatic N) is 1. The Morgan fingerprint density at radius 2 is 2.22 bits per heavy atom. The highest BCUT2D eigenvalue weighted by molar-refractivity contribution is 7.09. The molecule has 0 aromatic carbocycles. The smallest absolute Gasteiger partial charge is 0.0794 e. The van der Waals surface area contributed by atoms with Crippen LogP contribution in [-0.2, 0) is 6.42 Å². The van der Waals surface area contributed by atoms with Crippen molar-refractivity contribution in [3.63, 3.8) is 0 Å². The van der Waals surface area contributed by atoms with E-state index >= 15 is 0 Å². The van der Waals surface area contributed by atoms with E-state index in [1.807, 2.05) is 11.7 Å². The van der Waals surface area contributed by atoms with Crippen molar-refractivity contribution in [1.82, 2.24) is 10.3 Å². The number of thiazole rings is 1. The first-order valence-corrected chi connectivity index (χ1v) is 8.37. The van der Waals surface area contributed by atoms with Crippen molar-refractivity contribution in [3.05, 3.63) is 16.6 Å². The number of nitrogens with one attached hydrogen (secondary N) is 1. The van der Waals surface area contributed by atoms with E-state index in [1.165, 1.54) is 56.2 Å². The molecule has 3 heteroatoms. The zero-order chi connectivity index (χ0) is 12.6. The molecule has 0 radical (unpaired) electrons. The van der Waals surface area contributed by atoms with Crippen LogP contribution in [0.4, 0.5) is 0 Å². The van der Waals surface area contributed by atoms with Crippen LogP contribution in [0, 0.1) is 5.92 Å². The van der Waals surface area contributed by atoms with E-state index < -0.39 is 0 Å². The maximum Gasteiger partial charge on any atom is 0.0794 e. The van der Waals surface area contributed by atoms with Crippen molar-refractivity contribution in [2.45, 2.75) is 64.3 Å². The monoisotopic (exact) mass is 266 g/mol. The van der Waals surface area contributed by atoms with Crippen LogP contribution in [0.1, 0.15) is 56.7 Å². The highest BCUT2D eigenvalue weighted by atomic mass is 32.1. The molecule has 1 aliphatic carbocycles. The first-order valence-electron chi connectivity index (χ1n) is 7.49. The summed E-state index contributed by atoms with van der Waals surface area (Å²) in [6.07, 6.45) is 13.0. The molecule has 0 bridgehead atoms. The second-order valence-electron chi connectivity index (χ2n) is 5.56. The lowest BCUT2D eigenvalue weighted by Gasteiger charge is -2.27. The van der Waals surface area contributed by atoms with Crippen LogP contribution in [0.3, 0.4) is 0 Å². The second-order valence-corrected chi connectivity index (χ2v) is 6.53. The van der Waals surface area contributed by atoms with Crippen molar-refractivity contribution in [2.24, 2.45) is 5.92 Å². The lowest BCUT2D eigenvalue weighted by atomic mass is 9.84. The number of hydrogen-bond acceptors (Lipinski definition) is 3. The van der Waals surface area contributed by atoms with E-state index in [0.717, 1.165) is 12.5 Å². The van der Waals surface area contributed by atoms with E-state index in [-0.39, 0.29) is 0 Å². The van der Waals surface area contributed by atoms with Gasteiger partial charge < -0.3 is 5.32 Å². The molecule has 1 N–H and O–H groups in total. The van der Waals surface area contributed by atoms with Crippen LogP contribution in [-0.4, -0.2) is 17.6 Å². The van der Waals surface area contributed by atoms with Gasteiger partial charge in [-0.15, -0.1) is 11.3 Å². The Kier molecular flexibility index (Phi) is 6.15. The van der Waals surface area contributed by atoms with Crippen molar-refractivity contribution < 1.29 is 0 Å². The van der Waals surface area contributed by atoms with Gasteiger partial charge in [-0.3, -0.25) is 4.98 Å². The molecule has 0 amide bonds. The van der Waals surface area contributed by atoms with Crippen molar-refractivity contribution in [2.75, 3.05) is 6.54 Å². The van der Waals surface area contributed by atoms with Gasteiger partial charge in [0.1, 0.15) is 0 Å². The Hall–Kier alpha value is -0.410. The maximum atomic E-state index is 4.19. The molecule has 1 aliphatic rings. The summed E-state index contributed by atoms with van der Waals surface area (Å²) < 4.78 is 0. The summed E-state index contributed by atoms with van der Waals surface area (Å²) >= 11 is 1.80. The van der Waals surface area contributed by atoms with Gasteiger partial charge in [0.15, 0.2) is 0 Å². The normalized spacial score (nSPS) is 18.9. The molecular weight excluding hydrogens is 240 g/mol.